The van der Waals surface area contributed by atoms with Crippen LogP contribution in [0.5, 0.6) is 0 Å². The second-order valence-corrected chi connectivity index (χ2v) is 13.5. The summed E-state index contributed by atoms with van der Waals surface area (Å²) >= 11 is 0. The molecule has 0 spiro atoms. The molecule has 1 aliphatic heterocycles. The van der Waals surface area contributed by atoms with E-state index in [1.165, 1.54) is 20.8 Å². The molecule has 1 N–H and O–H groups in total. The number of esters is 3. The fourth-order valence-corrected chi connectivity index (χ4v) is 8.55. The Labute approximate surface area is 257 Å². The largest absolute Gasteiger partial charge is 0.465 e. The molecule has 8 atom stereocenters. The van der Waals surface area contributed by atoms with Crippen molar-refractivity contribution in [2.24, 2.45) is 28.6 Å². The SMILES string of the molecule is CC(=O)OC[C@H]1C(=O)[C@]2(C)C(=O)C[C@H]3OC[C@@]3(OC(C)=O)[C@H]2[C@H](OC(=O)c2ccccc2)[C@H]2CCC[C@H](O)C(C)=C1C2(C)C. The Morgan fingerprint density at radius 2 is 1.70 bits per heavy atom. The molecule has 0 unspecified atom stereocenters. The highest BCUT2D eigenvalue weighted by Crippen LogP contribution is 2.62. The van der Waals surface area contributed by atoms with Crippen molar-refractivity contribution in [3.63, 3.8) is 0 Å². The van der Waals surface area contributed by atoms with Crippen LogP contribution in [0.1, 0.15) is 77.6 Å². The van der Waals surface area contributed by atoms with Gasteiger partial charge in [-0.1, -0.05) is 38.5 Å². The highest BCUT2D eigenvalue weighted by atomic mass is 16.6. The molecule has 1 saturated heterocycles. The van der Waals surface area contributed by atoms with Gasteiger partial charge in [-0.05, 0) is 55.4 Å². The van der Waals surface area contributed by atoms with E-state index in [1.54, 1.807) is 37.3 Å². The molecule has 0 amide bonds. The molecule has 0 radical (unpaired) electrons. The molecule has 2 saturated carbocycles. The topological polar surface area (TPSA) is 142 Å². The summed E-state index contributed by atoms with van der Waals surface area (Å²) in [6.45, 7) is 9.30. The number of ketones is 2. The Balaban J connectivity index is 1.81. The molecule has 3 fully saturated rings. The monoisotopic (exact) mass is 610 g/mol. The van der Waals surface area contributed by atoms with E-state index in [2.05, 4.69) is 0 Å². The van der Waals surface area contributed by atoms with Crippen LogP contribution < -0.4 is 0 Å². The summed E-state index contributed by atoms with van der Waals surface area (Å²) in [5, 5.41) is 11.2. The standard InChI is InChI=1S/C34H42O10/c1-18-24(37)14-10-13-23-28(43-31(40)21-11-8-7-9-12-21)29-33(6,25(38)15-26-34(29,17-42-26)44-20(3)36)30(39)22(16-41-19(2)35)27(18)32(23,4)5/h7-9,11-12,22-24,26,28-29,37H,10,13-17H2,1-6H3/t22-,23-,24+,26-,28-,29+,33-,34+/m1/s1. The maximum absolute atomic E-state index is 15.1. The second-order valence-electron chi connectivity index (χ2n) is 13.5. The predicted octanol–water partition coefficient (Wildman–Crippen LogP) is 3.77. The number of ether oxygens (including phenoxy) is 4. The Kier molecular flexibility index (Phi) is 8.39. The number of benzene rings is 1. The van der Waals surface area contributed by atoms with Gasteiger partial charge in [0.15, 0.2) is 11.4 Å². The molecule has 5 rings (SSSR count). The Hall–Kier alpha value is -3.37. The first kappa shape index (κ1) is 32.0. The zero-order valence-electron chi connectivity index (χ0n) is 26.2. The van der Waals surface area contributed by atoms with E-state index in [-0.39, 0.29) is 19.6 Å². The van der Waals surface area contributed by atoms with Crippen molar-refractivity contribution in [1.29, 1.82) is 0 Å². The van der Waals surface area contributed by atoms with Gasteiger partial charge in [-0.15, -0.1) is 0 Å². The molecule has 238 valence electrons. The summed E-state index contributed by atoms with van der Waals surface area (Å²) in [5.74, 6) is -5.42. The van der Waals surface area contributed by atoms with Crippen molar-refractivity contribution in [3.05, 3.63) is 47.0 Å². The van der Waals surface area contributed by atoms with Crippen LogP contribution in [-0.4, -0.2) is 71.7 Å². The van der Waals surface area contributed by atoms with E-state index in [9.17, 15) is 24.3 Å². The van der Waals surface area contributed by atoms with Crippen LogP contribution in [-0.2, 0) is 38.1 Å². The van der Waals surface area contributed by atoms with E-state index < -0.39 is 82.0 Å². The molecule has 0 aromatic heterocycles. The van der Waals surface area contributed by atoms with E-state index in [1.807, 2.05) is 13.8 Å². The number of aliphatic hydroxyl groups excluding tert-OH is 1. The van der Waals surface area contributed by atoms with Gasteiger partial charge >= 0.3 is 17.9 Å². The first-order chi connectivity index (χ1) is 20.7. The first-order valence-electron chi connectivity index (χ1n) is 15.3. The van der Waals surface area contributed by atoms with Gasteiger partial charge in [0.05, 0.1) is 35.5 Å². The molecule has 44 heavy (non-hydrogen) atoms. The number of hydrogen-bond donors (Lipinski definition) is 1. The average Bonchev–Trinajstić information content (AvgIpc) is 2.95. The summed E-state index contributed by atoms with van der Waals surface area (Å²) in [5.41, 5.74) is -2.68. The zero-order chi connectivity index (χ0) is 32.2. The molecule has 2 bridgehead atoms. The van der Waals surface area contributed by atoms with Crippen LogP contribution >= 0.6 is 0 Å². The lowest BCUT2D eigenvalue weighted by molar-refractivity contribution is -0.310. The van der Waals surface area contributed by atoms with Gasteiger partial charge in [-0.3, -0.25) is 19.2 Å². The minimum absolute atomic E-state index is 0.0698. The number of hydrogen-bond acceptors (Lipinski definition) is 10. The molecular weight excluding hydrogens is 568 g/mol. The van der Waals surface area contributed by atoms with Crippen molar-refractivity contribution in [2.45, 2.75) is 91.1 Å². The lowest BCUT2D eigenvalue weighted by Crippen LogP contribution is -2.78. The van der Waals surface area contributed by atoms with Gasteiger partial charge in [-0.25, -0.2) is 4.79 Å². The minimum atomic E-state index is -1.81. The normalized spacial score (nSPS) is 36.2. The molecule has 1 heterocycles. The van der Waals surface area contributed by atoms with Crippen LogP contribution in [0.15, 0.2) is 41.5 Å². The van der Waals surface area contributed by atoms with E-state index >= 15 is 4.79 Å². The number of aliphatic hydroxyl groups is 1. The lowest BCUT2D eigenvalue weighted by atomic mass is 9.46. The van der Waals surface area contributed by atoms with Crippen molar-refractivity contribution in [2.75, 3.05) is 13.2 Å². The molecule has 1 aromatic carbocycles. The average molecular weight is 611 g/mol. The number of carbonyl (C=O) groups excluding carboxylic acids is 5. The number of Topliss-reactive ketones (excluding diaryl/α,β-unsaturated/α-hetero) is 2. The van der Waals surface area contributed by atoms with Gasteiger partial charge in [-0.2, -0.15) is 0 Å². The lowest BCUT2D eigenvalue weighted by Gasteiger charge is -2.63. The molecule has 10 heteroatoms. The van der Waals surface area contributed by atoms with Crippen molar-refractivity contribution in [1.82, 2.24) is 0 Å². The van der Waals surface area contributed by atoms with Gasteiger partial charge in [0.1, 0.15) is 24.6 Å². The van der Waals surface area contributed by atoms with Crippen LogP contribution in [0.2, 0.25) is 0 Å². The predicted molar refractivity (Wildman–Crippen MR) is 156 cm³/mol. The number of fused-ring (bicyclic) bond motifs is 5. The zero-order valence-corrected chi connectivity index (χ0v) is 26.2. The third kappa shape index (κ3) is 5.00. The van der Waals surface area contributed by atoms with Gasteiger partial charge < -0.3 is 24.1 Å². The van der Waals surface area contributed by atoms with Gasteiger partial charge in [0.2, 0.25) is 0 Å². The third-order valence-electron chi connectivity index (χ3n) is 10.6. The first-order valence-corrected chi connectivity index (χ1v) is 15.3. The molecule has 1 aromatic rings. The molecular formula is C34H42O10. The fraction of sp³-hybridized carbons (Fsp3) is 0.618. The summed E-state index contributed by atoms with van der Waals surface area (Å²) < 4.78 is 23.8. The molecule has 4 aliphatic rings. The number of carbonyl (C=O) groups is 5. The smallest absolute Gasteiger partial charge is 0.338 e. The van der Waals surface area contributed by atoms with Crippen LogP contribution in [0.4, 0.5) is 0 Å². The quantitative estimate of drug-likeness (QED) is 0.227. The molecule has 3 aliphatic carbocycles. The van der Waals surface area contributed by atoms with Crippen LogP contribution in [0.25, 0.3) is 0 Å². The van der Waals surface area contributed by atoms with E-state index in [0.29, 0.717) is 36.0 Å². The van der Waals surface area contributed by atoms with Crippen molar-refractivity contribution < 1.29 is 48.0 Å². The fourth-order valence-electron chi connectivity index (χ4n) is 8.55. The summed E-state index contributed by atoms with van der Waals surface area (Å²) in [6.07, 6.45) is -1.47. The van der Waals surface area contributed by atoms with Crippen molar-refractivity contribution in [3.8, 4) is 0 Å². The third-order valence-corrected chi connectivity index (χ3v) is 10.6. The molecule has 10 nitrogen and oxygen atoms in total. The van der Waals surface area contributed by atoms with Crippen LogP contribution in [0, 0.1) is 28.6 Å². The number of rotatable bonds is 5. The summed E-state index contributed by atoms with van der Waals surface area (Å²) in [6, 6.07) is 8.47. The minimum Gasteiger partial charge on any atom is -0.465 e. The second kappa shape index (κ2) is 11.5. The summed E-state index contributed by atoms with van der Waals surface area (Å²) in [4.78, 5) is 67.9. The maximum Gasteiger partial charge on any atom is 0.338 e. The maximum atomic E-state index is 15.1. The Bertz CT molecular complexity index is 1400. The Morgan fingerprint density at radius 3 is 2.30 bits per heavy atom. The van der Waals surface area contributed by atoms with Gasteiger partial charge in [0.25, 0.3) is 0 Å². The van der Waals surface area contributed by atoms with Crippen LogP contribution in [0.3, 0.4) is 0 Å². The van der Waals surface area contributed by atoms with Gasteiger partial charge in [0, 0.05) is 26.2 Å². The van der Waals surface area contributed by atoms with E-state index in [0.717, 1.165) is 0 Å². The highest BCUT2D eigenvalue weighted by Gasteiger charge is 2.75. The Morgan fingerprint density at radius 1 is 1.02 bits per heavy atom. The summed E-state index contributed by atoms with van der Waals surface area (Å²) in [7, 11) is 0. The van der Waals surface area contributed by atoms with Crippen molar-refractivity contribution >= 4 is 29.5 Å². The highest BCUT2D eigenvalue weighted by molar-refractivity contribution is 6.10. The van der Waals surface area contributed by atoms with E-state index in [4.69, 9.17) is 18.9 Å².